The summed E-state index contributed by atoms with van der Waals surface area (Å²) in [4.78, 5) is 21.4. The summed E-state index contributed by atoms with van der Waals surface area (Å²) in [6.45, 7) is 5.07. The van der Waals surface area contributed by atoms with Crippen LogP contribution in [0.25, 0.3) is 6.08 Å². The Morgan fingerprint density at radius 2 is 1.96 bits per heavy atom. The van der Waals surface area contributed by atoms with Crippen LogP contribution in [0.15, 0.2) is 24.3 Å². The minimum Gasteiger partial charge on any atom is -0.444 e. The number of nitro benzene ring substituents is 1. The first kappa shape index (κ1) is 19.5. The molecule has 132 valence electrons. The molecule has 0 aromatic heterocycles. The van der Waals surface area contributed by atoms with E-state index in [-0.39, 0.29) is 12.1 Å². The Hall–Kier alpha value is -2.58. The highest BCUT2D eigenvalue weighted by Crippen LogP contribution is 2.33. The van der Waals surface area contributed by atoms with Crippen LogP contribution in [0.1, 0.15) is 31.9 Å². The highest BCUT2D eigenvalue weighted by Gasteiger charge is 2.32. The van der Waals surface area contributed by atoms with Gasteiger partial charge >= 0.3 is 12.3 Å². The van der Waals surface area contributed by atoms with E-state index >= 15 is 0 Å². The van der Waals surface area contributed by atoms with Gasteiger partial charge < -0.3 is 10.1 Å². The fraction of sp³-hybridized carbons (Fsp3) is 0.400. The van der Waals surface area contributed by atoms with E-state index in [0.29, 0.717) is 6.07 Å². The molecule has 0 fully saturated rings. The number of hydrogen-bond donors (Lipinski definition) is 1. The number of carbonyl (C=O) groups is 1. The zero-order valence-electron chi connectivity index (χ0n) is 13.3. The molecule has 0 spiro atoms. The number of nitro groups is 1. The van der Waals surface area contributed by atoms with E-state index in [1.165, 1.54) is 12.2 Å². The summed E-state index contributed by atoms with van der Waals surface area (Å²) >= 11 is 0. The lowest BCUT2D eigenvalue weighted by Crippen LogP contribution is -2.32. The van der Waals surface area contributed by atoms with Crippen LogP contribution in [0.2, 0.25) is 0 Å². The first-order valence-electron chi connectivity index (χ1n) is 6.89. The van der Waals surface area contributed by atoms with Gasteiger partial charge in [0.25, 0.3) is 5.69 Å². The quantitative estimate of drug-likeness (QED) is 0.656. The number of carbonyl (C=O) groups excluding carboxylic acids is 1. The molecule has 1 amide bonds. The Labute approximate surface area is 136 Å². The number of ether oxygens (including phenoxy) is 1. The molecule has 0 saturated carbocycles. The van der Waals surface area contributed by atoms with Crippen LogP contribution in [0.5, 0.6) is 0 Å². The maximum atomic E-state index is 12.6. The summed E-state index contributed by atoms with van der Waals surface area (Å²) < 4.78 is 42.8. The van der Waals surface area contributed by atoms with Gasteiger partial charge in [-0.15, -0.1) is 0 Å². The first-order chi connectivity index (χ1) is 10.9. The minimum atomic E-state index is -4.66. The Morgan fingerprint density at radius 3 is 2.46 bits per heavy atom. The largest absolute Gasteiger partial charge is 0.444 e. The molecule has 1 aromatic carbocycles. The predicted octanol–water partition coefficient (Wildman–Crippen LogP) is 4.15. The Kier molecular flexibility index (Phi) is 5.94. The van der Waals surface area contributed by atoms with Crippen LogP contribution in [0.3, 0.4) is 0 Å². The summed E-state index contributed by atoms with van der Waals surface area (Å²) in [6, 6.07) is 2.24. The molecule has 0 radical (unpaired) electrons. The number of alkyl halides is 3. The number of nitrogens with zero attached hydrogens (tertiary/aromatic N) is 1. The van der Waals surface area contributed by atoms with Crippen LogP contribution in [0, 0.1) is 10.1 Å². The third-order valence-electron chi connectivity index (χ3n) is 2.62. The van der Waals surface area contributed by atoms with Crippen LogP contribution in [-0.4, -0.2) is 23.2 Å². The number of rotatable bonds is 4. The molecule has 0 aliphatic heterocycles. The smallest absolute Gasteiger partial charge is 0.416 e. The summed E-state index contributed by atoms with van der Waals surface area (Å²) in [6.07, 6.45) is -2.70. The third-order valence-corrected chi connectivity index (χ3v) is 2.62. The molecule has 0 aliphatic carbocycles. The lowest BCUT2D eigenvalue weighted by atomic mass is 10.1. The van der Waals surface area contributed by atoms with E-state index in [2.05, 4.69) is 5.32 Å². The number of halogens is 3. The first-order valence-corrected chi connectivity index (χ1v) is 6.89. The van der Waals surface area contributed by atoms with Crippen LogP contribution in [-0.2, 0) is 10.9 Å². The van der Waals surface area contributed by atoms with Crippen molar-refractivity contribution in [2.24, 2.45) is 0 Å². The van der Waals surface area contributed by atoms with E-state index in [1.807, 2.05) is 0 Å². The average molecular weight is 346 g/mol. The summed E-state index contributed by atoms with van der Waals surface area (Å²) in [5.74, 6) is 0. The Balaban J connectivity index is 2.80. The average Bonchev–Trinajstić information content (AvgIpc) is 2.40. The third kappa shape index (κ3) is 6.27. The van der Waals surface area contributed by atoms with Gasteiger partial charge in [-0.3, -0.25) is 10.1 Å². The molecule has 9 heteroatoms. The van der Waals surface area contributed by atoms with E-state index in [0.717, 1.165) is 12.1 Å². The molecule has 1 rings (SSSR count). The van der Waals surface area contributed by atoms with Gasteiger partial charge in [0.05, 0.1) is 16.1 Å². The second kappa shape index (κ2) is 7.33. The second-order valence-corrected chi connectivity index (χ2v) is 5.81. The van der Waals surface area contributed by atoms with Crippen molar-refractivity contribution in [1.82, 2.24) is 5.32 Å². The van der Waals surface area contributed by atoms with E-state index in [4.69, 9.17) is 4.74 Å². The fourth-order valence-corrected chi connectivity index (χ4v) is 1.66. The molecule has 0 heterocycles. The lowest BCUT2D eigenvalue weighted by Gasteiger charge is -2.19. The molecule has 6 nitrogen and oxygen atoms in total. The number of nitrogens with one attached hydrogen (secondary N) is 1. The highest BCUT2D eigenvalue weighted by atomic mass is 19.4. The van der Waals surface area contributed by atoms with Crippen molar-refractivity contribution in [3.63, 3.8) is 0 Å². The van der Waals surface area contributed by atoms with E-state index < -0.39 is 34.0 Å². The second-order valence-electron chi connectivity index (χ2n) is 5.81. The zero-order chi connectivity index (χ0) is 18.5. The van der Waals surface area contributed by atoms with Gasteiger partial charge in [-0.05, 0) is 32.9 Å². The van der Waals surface area contributed by atoms with Crippen LogP contribution >= 0.6 is 0 Å². The normalized spacial score (nSPS) is 12.2. The monoisotopic (exact) mass is 346 g/mol. The van der Waals surface area contributed by atoms with Gasteiger partial charge in [0.2, 0.25) is 0 Å². The van der Waals surface area contributed by atoms with Gasteiger partial charge in [-0.25, -0.2) is 4.79 Å². The minimum absolute atomic E-state index is 0.000936. The van der Waals surface area contributed by atoms with Gasteiger partial charge in [-0.1, -0.05) is 12.2 Å². The topological polar surface area (TPSA) is 81.5 Å². The van der Waals surface area contributed by atoms with Crippen molar-refractivity contribution in [2.45, 2.75) is 32.5 Å². The molecule has 1 aromatic rings. The summed E-state index contributed by atoms with van der Waals surface area (Å²) in [5, 5.41) is 13.3. The van der Waals surface area contributed by atoms with Crippen molar-refractivity contribution < 1.29 is 27.6 Å². The molecule has 1 N–H and O–H groups in total. The van der Waals surface area contributed by atoms with Crippen molar-refractivity contribution >= 4 is 17.9 Å². The molecule has 0 saturated heterocycles. The molecule has 0 unspecified atom stereocenters. The highest BCUT2D eigenvalue weighted by molar-refractivity contribution is 5.68. The van der Waals surface area contributed by atoms with Gasteiger partial charge in [0.1, 0.15) is 5.60 Å². The maximum absolute atomic E-state index is 12.6. The maximum Gasteiger partial charge on any atom is 0.416 e. The van der Waals surface area contributed by atoms with Gasteiger partial charge in [-0.2, -0.15) is 13.2 Å². The SMILES string of the molecule is CC(C)(C)OC(=O)NCC=Cc1ccc(C(F)(F)F)cc1[N+](=O)[O-]. The molecular weight excluding hydrogens is 329 g/mol. The molecule has 24 heavy (non-hydrogen) atoms. The van der Waals surface area contributed by atoms with Crippen LogP contribution in [0.4, 0.5) is 23.7 Å². The van der Waals surface area contributed by atoms with E-state index in [1.54, 1.807) is 20.8 Å². The number of alkyl carbamates (subject to hydrolysis) is 1. The van der Waals surface area contributed by atoms with Crippen molar-refractivity contribution in [3.05, 3.63) is 45.5 Å². The van der Waals surface area contributed by atoms with Crippen LogP contribution < -0.4 is 5.32 Å². The summed E-state index contributed by atoms with van der Waals surface area (Å²) in [5.41, 5.74) is -2.43. The Morgan fingerprint density at radius 1 is 1.33 bits per heavy atom. The summed E-state index contributed by atoms with van der Waals surface area (Å²) in [7, 11) is 0. The van der Waals surface area contributed by atoms with Crippen molar-refractivity contribution in [2.75, 3.05) is 6.54 Å². The molecule has 0 aliphatic rings. The number of amides is 1. The fourth-order valence-electron chi connectivity index (χ4n) is 1.66. The van der Waals surface area contributed by atoms with Crippen molar-refractivity contribution in [3.8, 4) is 0 Å². The number of hydrogen-bond acceptors (Lipinski definition) is 4. The van der Waals surface area contributed by atoms with Gasteiger partial charge in [0.15, 0.2) is 0 Å². The van der Waals surface area contributed by atoms with Crippen molar-refractivity contribution in [1.29, 1.82) is 0 Å². The zero-order valence-corrected chi connectivity index (χ0v) is 13.3. The standard InChI is InChI=1S/C15H17F3N2O4/c1-14(2,3)24-13(21)19-8-4-5-10-6-7-11(15(16,17)18)9-12(10)20(22)23/h4-7,9H,8H2,1-3H3,(H,19,21). The predicted molar refractivity (Wildman–Crippen MR) is 81.4 cm³/mol. The molecular formula is C15H17F3N2O4. The van der Waals surface area contributed by atoms with E-state index in [9.17, 15) is 28.1 Å². The number of benzene rings is 1. The Bertz CT molecular complexity index is 649. The lowest BCUT2D eigenvalue weighted by molar-refractivity contribution is -0.385. The van der Waals surface area contributed by atoms with Gasteiger partial charge in [0, 0.05) is 12.6 Å². The molecule has 0 bridgehead atoms. The molecule has 0 atom stereocenters.